The molecule has 0 amide bonds. The van der Waals surface area contributed by atoms with Crippen molar-refractivity contribution in [2.45, 2.75) is 66.0 Å². The van der Waals surface area contributed by atoms with E-state index in [4.69, 9.17) is 29.7 Å². The van der Waals surface area contributed by atoms with Crippen LogP contribution < -0.4 is 29.6 Å². The minimum Gasteiger partial charge on any atom is -0.493 e. The van der Waals surface area contributed by atoms with Gasteiger partial charge in [0.2, 0.25) is 0 Å². The maximum atomic E-state index is 6.15. The van der Waals surface area contributed by atoms with Crippen LogP contribution in [-0.4, -0.2) is 64.0 Å². The van der Waals surface area contributed by atoms with Crippen LogP contribution in [0.1, 0.15) is 60.9 Å². The Hall–Kier alpha value is -4.95. The number of nitrogens with two attached hydrogens (primary N) is 1. The fraction of sp³-hybridized carbons (Fsp3) is 0.386. The number of nitrogens with zero attached hydrogens (tertiary/aromatic N) is 3. The van der Waals surface area contributed by atoms with Gasteiger partial charge >= 0.3 is 0 Å². The lowest BCUT2D eigenvalue weighted by molar-refractivity contribution is 0.223. The van der Waals surface area contributed by atoms with Crippen molar-refractivity contribution in [3.63, 3.8) is 0 Å². The number of aryl methyl sites for hydroxylation is 3. The van der Waals surface area contributed by atoms with Gasteiger partial charge < -0.3 is 29.6 Å². The molecule has 1 aromatic heterocycles. The van der Waals surface area contributed by atoms with E-state index in [1.807, 2.05) is 25.3 Å². The number of allylic oxidation sites excluding steroid dienone is 2. The van der Waals surface area contributed by atoms with Crippen LogP contribution in [0, 0.1) is 13.8 Å². The first-order chi connectivity index (χ1) is 25.2. The number of hydrogen-bond acceptors (Lipinski definition) is 8. The molecule has 1 fully saturated rings. The molecule has 2 heterocycles. The molecule has 8 heteroatoms. The average Bonchev–Trinajstić information content (AvgIpc) is 3.16. The molecule has 276 valence electrons. The molecule has 1 aliphatic heterocycles. The van der Waals surface area contributed by atoms with E-state index in [0.29, 0.717) is 11.8 Å². The Bertz CT molecular complexity index is 1860. The Labute approximate surface area is 310 Å². The average molecular weight is 705 g/mol. The van der Waals surface area contributed by atoms with Crippen molar-refractivity contribution in [1.82, 2.24) is 9.88 Å². The van der Waals surface area contributed by atoms with Crippen molar-refractivity contribution in [3.8, 4) is 34.3 Å². The third-order valence-electron chi connectivity index (χ3n) is 9.96. The first-order valence-electron chi connectivity index (χ1n) is 18.3. The summed E-state index contributed by atoms with van der Waals surface area (Å²) >= 11 is 0. The van der Waals surface area contributed by atoms with Gasteiger partial charge in [0.05, 0.1) is 34.1 Å². The molecule has 2 N–H and O–H groups in total. The van der Waals surface area contributed by atoms with Crippen LogP contribution >= 0.6 is 0 Å². The first kappa shape index (κ1) is 38.3. The van der Waals surface area contributed by atoms with E-state index in [0.717, 1.165) is 103 Å². The number of likely N-dealkylation sites (tertiary alicyclic amines) is 1. The van der Waals surface area contributed by atoms with Gasteiger partial charge in [-0.15, -0.1) is 0 Å². The molecule has 0 unspecified atom stereocenters. The molecule has 0 bridgehead atoms. The lowest BCUT2D eigenvalue weighted by Gasteiger charge is -2.40. The van der Waals surface area contributed by atoms with Gasteiger partial charge in [-0.25, -0.2) is 0 Å². The number of pyridine rings is 1. The minimum absolute atomic E-state index is 0.409. The van der Waals surface area contributed by atoms with Crippen LogP contribution in [0.15, 0.2) is 84.7 Å². The highest BCUT2D eigenvalue weighted by atomic mass is 16.5. The highest BCUT2D eigenvalue weighted by Gasteiger charge is 2.26. The molecular weight excluding hydrogens is 649 g/mol. The summed E-state index contributed by atoms with van der Waals surface area (Å²) in [5.41, 5.74) is 17.2. The predicted octanol–water partition coefficient (Wildman–Crippen LogP) is 8.77. The zero-order valence-corrected chi connectivity index (χ0v) is 32.3. The minimum atomic E-state index is 0.409. The van der Waals surface area contributed by atoms with E-state index in [9.17, 15) is 0 Å². The molecule has 0 atom stereocenters. The Balaban J connectivity index is 1.32. The lowest BCUT2D eigenvalue weighted by Crippen LogP contribution is -2.45. The van der Waals surface area contributed by atoms with Gasteiger partial charge in [-0.05, 0) is 116 Å². The number of hydrogen-bond donors (Lipinski definition) is 1. The van der Waals surface area contributed by atoms with Gasteiger partial charge in [-0.3, -0.25) is 9.88 Å². The van der Waals surface area contributed by atoms with E-state index in [-0.39, 0.29) is 0 Å². The van der Waals surface area contributed by atoms with Crippen molar-refractivity contribution in [1.29, 1.82) is 0 Å². The topological polar surface area (TPSA) is 82.3 Å². The quantitative estimate of drug-likeness (QED) is 0.123. The van der Waals surface area contributed by atoms with Crippen LogP contribution in [0.3, 0.4) is 0 Å². The normalized spacial score (nSPS) is 14.3. The number of piperidine rings is 1. The predicted molar refractivity (Wildman–Crippen MR) is 214 cm³/mol. The molecule has 52 heavy (non-hydrogen) atoms. The van der Waals surface area contributed by atoms with Crippen molar-refractivity contribution in [2.75, 3.05) is 53.0 Å². The van der Waals surface area contributed by atoms with Gasteiger partial charge in [0.25, 0.3) is 0 Å². The second-order valence-corrected chi connectivity index (χ2v) is 13.8. The van der Waals surface area contributed by atoms with Crippen LogP contribution in [0.5, 0.6) is 23.0 Å². The van der Waals surface area contributed by atoms with Gasteiger partial charge in [0.15, 0.2) is 23.0 Å². The molecule has 1 saturated heterocycles. The summed E-state index contributed by atoms with van der Waals surface area (Å²) in [6.45, 7) is 12.3. The summed E-state index contributed by atoms with van der Waals surface area (Å²) < 4.78 is 22.6. The van der Waals surface area contributed by atoms with Gasteiger partial charge in [0.1, 0.15) is 0 Å². The number of anilines is 1. The number of ether oxygens (including phenoxy) is 4. The van der Waals surface area contributed by atoms with Crippen molar-refractivity contribution >= 4 is 11.3 Å². The second-order valence-electron chi connectivity index (χ2n) is 13.8. The number of benzene rings is 3. The van der Waals surface area contributed by atoms with Crippen LogP contribution in [-0.2, 0) is 13.0 Å². The smallest absolute Gasteiger partial charge is 0.163 e. The molecule has 0 spiro atoms. The molecule has 0 aliphatic carbocycles. The molecule has 8 nitrogen and oxygen atoms in total. The third-order valence-corrected chi connectivity index (χ3v) is 9.96. The van der Waals surface area contributed by atoms with E-state index < -0.39 is 0 Å². The summed E-state index contributed by atoms with van der Waals surface area (Å²) in [5, 5.41) is 0. The summed E-state index contributed by atoms with van der Waals surface area (Å²) in [4.78, 5) is 9.94. The molecular formula is C44H56N4O4. The number of methoxy groups -OCH3 is 4. The number of rotatable bonds is 15. The summed E-state index contributed by atoms with van der Waals surface area (Å²) in [6.07, 6.45) is 9.87. The highest BCUT2D eigenvalue weighted by Crippen LogP contribution is 2.38. The van der Waals surface area contributed by atoms with Crippen LogP contribution in [0.2, 0.25) is 0 Å². The standard InChI is InChI=1S/C44H56N4O4/c1-9-10-34-24-36(26-42(50-6)44(34)52-8)40-23-33(15-18-46-40)29-48(38-13-11-30(2)12-14-38)39-16-19-47(20-17-39)28-31(3)21-37(27-45)35-22-32(4)43(51-7)41(25-35)49-5/h11-15,18,21-27,39H,9-10,16-17,19-20,28-29,45H2,1-8H3/b31-21+,37-27+. The van der Waals surface area contributed by atoms with E-state index in [2.05, 4.69) is 85.2 Å². The Morgan fingerprint density at radius 2 is 1.58 bits per heavy atom. The zero-order valence-electron chi connectivity index (χ0n) is 32.3. The maximum Gasteiger partial charge on any atom is 0.163 e. The van der Waals surface area contributed by atoms with Crippen LogP contribution in [0.4, 0.5) is 5.69 Å². The zero-order chi connectivity index (χ0) is 37.2. The highest BCUT2D eigenvalue weighted by molar-refractivity contribution is 5.76. The Kier molecular flexibility index (Phi) is 13.3. The SMILES string of the molecule is CCCc1cc(-c2cc(CN(c3ccc(C)cc3)C3CCN(C/C(C)=C/C(=C\N)c4cc(C)c(OC)c(OC)c4)CC3)ccn2)cc(OC)c1OC. The fourth-order valence-corrected chi connectivity index (χ4v) is 7.34. The Morgan fingerprint density at radius 1 is 0.885 bits per heavy atom. The summed E-state index contributed by atoms with van der Waals surface area (Å²) in [5.74, 6) is 2.98. The van der Waals surface area contributed by atoms with Gasteiger partial charge in [-0.2, -0.15) is 0 Å². The molecule has 0 radical (unpaired) electrons. The van der Waals surface area contributed by atoms with Crippen molar-refractivity contribution in [2.24, 2.45) is 5.73 Å². The largest absolute Gasteiger partial charge is 0.493 e. The van der Waals surface area contributed by atoms with Crippen molar-refractivity contribution in [3.05, 3.63) is 113 Å². The first-order valence-corrected chi connectivity index (χ1v) is 18.3. The monoisotopic (exact) mass is 704 g/mol. The van der Waals surface area contributed by atoms with E-state index in [1.165, 1.54) is 22.4 Å². The molecule has 5 rings (SSSR count). The maximum absolute atomic E-state index is 6.15. The van der Waals surface area contributed by atoms with E-state index >= 15 is 0 Å². The fourth-order valence-electron chi connectivity index (χ4n) is 7.34. The molecule has 0 saturated carbocycles. The lowest BCUT2D eigenvalue weighted by atomic mass is 9.98. The molecule has 4 aromatic rings. The Morgan fingerprint density at radius 3 is 2.21 bits per heavy atom. The van der Waals surface area contributed by atoms with Crippen molar-refractivity contribution < 1.29 is 18.9 Å². The van der Waals surface area contributed by atoms with Gasteiger partial charge in [-0.1, -0.05) is 42.7 Å². The van der Waals surface area contributed by atoms with Gasteiger partial charge in [0, 0.05) is 55.9 Å². The molecule has 1 aliphatic rings. The van der Waals surface area contributed by atoms with E-state index in [1.54, 1.807) is 34.6 Å². The summed E-state index contributed by atoms with van der Waals surface area (Å²) in [7, 11) is 6.72. The molecule has 3 aromatic carbocycles. The second kappa shape index (κ2) is 18.0. The number of aromatic nitrogens is 1. The third kappa shape index (κ3) is 9.09. The summed E-state index contributed by atoms with van der Waals surface area (Å²) in [6, 6.07) is 22.0. The van der Waals surface area contributed by atoms with Crippen LogP contribution in [0.25, 0.3) is 16.8 Å².